The molecule has 1 aromatic carbocycles. The van der Waals surface area contributed by atoms with Gasteiger partial charge in [-0.2, -0.15) is 0 Å². The van der Waals surface area contributed by atoms with Crippen LogP contribution < -0.4 is 14.8 Å². The second-order valence-electron chi connectivity index (χ2n) is 5.00. The van der Waals surface area contributed by atoms with Crippen LogP contribution in [-0.2, 0) is 0 Å². The summed E-state index contributed by atoms with van der Waals surface area (Å²) in [5.74, 6) is 2.44. The molecular weight excluding hydrogens is 262 g/mol. The molecule has 0 bridgehead atoms. The second-order valence-corrected chi connectivity index (χ2v) is 5.00. The highest BCUT2D eigenvalue weighted by Crippen LogP contribution is 2.28. The van der Waals surface area contributed by atoms with Gasteiger partial charge in [0.15, 0.2) is 11.5 Å². The first-order valence-corrected chi connectivity index (χ1v) is 6.78. The highest BCUT2D eigenvalue weighted by Gasteiger charge is 2.13. The number of ether oxygens (including phenoxy) is 2. The summed E-state index contributed by atoms with van der Waals surface area (Å²) in [4.78, 5) is 0. The van der Waals surface area contributed by atoms with Gasteiger partial charge in [0.1, 0.15) is 0 Å². The second kappa shape index (κ2) is 8.28. The maximum absolute atomic E-state index is 5.83. The van der Waals surface area contributed by atoms with Gasteiger partial charge in [0.2, 0.25) is 0 Å². The number of hydrogen-bond acceptors (Lipinski definition) is 3. The molecule has 0 saturated carbocycles. The molecule has 1 unspecified atom stereocenters. The van der Waals surface area contributed by atoms with E-state index in [4.69, 9.17) is 9.47 Å². The van der Waals surface area contributed by atoms with Gasteiger partial charge < -0.3 is 14.8 Å². The van der Waals surface area contributed by atoms with Crippen LogP contribution in [0.4, 0.5) is 0 Å². The van der Waals surface area contributed by atoms with Crippen LogP contribution >= 0.6 is 12.4 Å². The van der Waals surface area contributed by atoms with Crippen molar-refractivity contribution >= 4 is 12.4 Å². The minimum Gasteiger partial charge on any atom is -0.493 e. The monoisotopic (exact) mass is 285 g/mol. The maximum atomic E-state index is 5.83. The van der Waals surface area contributed by atoms with E-state index in [0.29, 0.717) is 0 Å². The summed E-state index contributed by atoms with van der Waals surface area (Å²) in [6, 6.07) is 6.06. The van der Waals surface area contributed by atoms with Crippen LogP contribution in [0.1, 0.15) is 24.8 Å². The lowest BCUT2D eigenvalue weighted by Gasteiger charge is -2.22. The van der Waals surface area contributed by atoms with Gasteiger partial charge >= 0.3 is 0 Å². The highest BCUT2D eigenvalue weighted by molar-refractivity contribution is 5.85. The third-order valence-electron chi connectivity index (χ3n) is 3.50. The van der Waals surface area contributed by atoms with Crippen molar-refractivity contribution in [3.63, 3.8) is 0 Å². The third-order valence-corrected chi connectivity index (χ3v) is 3.50. The van der Waals surface area contributed by atoms with Gasteiger partial charge in [-0.25, -0.2) is 0 Å². The molecule has 2 rings (SSSR count). The van der Waals surface area contributed by atoms with E-state index < -0.39 is 0 Å². The van der Waals surface area contributed by atoms with Crippen LogP contribution in [0.15, 0.2) is 18.2 Å². The van der Waals surface area contributed by atoms with Crippen molar-refractivity contribution in [3.8, 4) is 11.5 Å². The number of hydrogen-bond donors (Lipinski definition) is 1. The predicted octanol–water partition coefficient (Wildman–Crippen LogP) is 3.19. The molecule has 0 aliphatic carbocycles. The van der Waals surface area contributed by atoms with Crippen LogP contribution in [-0.4, -0.2) is 26.8 Å². The molecule has 0 aromatic heterocycles. The number of piperidine rings is 1. The van der Waals surface area contributed by atoms with Crippen LogP contribution in [0.25, 0.3) is 0 Å². The Labute approximate surface area is 122 Å². The topological polar surface area (TPSA) is 30.5 Å². The average Bonchev–Trinajstić information content (AvgIpc) is 2.41. The van der Waals surface area contributed by atoms with E-state index in [1.165, 1.54) is 24.9 Å². The van der Waals surface area contributed by atoms with Gasteiger partial charge in [0.05, 0.1) is 13.7 Å². The van der Waals surface area contributed by atoms with E-state index in [9.17, 15) is 0 Å². The summed E-state index contributed by atoms with van der Waals surface area (Å²) in [7, 11) is 1.69. The molecule has 1 aromatic rings. The van der Waals surface area contributed by atoms with Crippen molar-refractivity contribution < 1.29 is 9.47 Å². The van der Waals surface area contributed by atoms with Crippen molar-refractivity contribution in [1.82, 2.24) is 5.32 Å². The Morgan fingerprint density at radius 3 is 2.84 bits per heavy atom. The standard InChI is InChI=1S/C15H23NO2.ClH/c1-12-5-6-14(15(10-12)17-2)18-9-7-13-4-3-8-16-11-13;/h5-6,10,13,16H,3-4,7-9,11H2,1-2H3;1H. The fraction of sp³-hybridized carbons (Fsp3) is 0.600. The highest BCUT2D eigenvalue weighted by atomic mass is 35.5. The quantitative estimate of drug-likeness (QED) is 0.901. The number of aryl methyl sites for hydroxylation is 1. The Morgan fingerprint density at radius 2 is 2.16 bits per heavy atom. The maximum Gasteiger partial charge on any atom is 0.161 e. The zero-order chi connectivity index (χ0) is 12.8. The molecule has 1 heterocycles. The van der Waals surface area contributed by atoms with Crippen molar-refractivity contribution in [2.75, 3.05) is 26.8 Å². The summed E-state index contributed by atoms with van der Waals surface area (Å²) in [6.07, 6.45) is 3.73. The van der Waals surface area contributed by atoms with E-state index >= 15 is 0 Å². The summed E-state index contributed by atoms with van der Waals surface area (Å²) in [5, 5.41) is 3.43. The van der Waals surface area contributed by atoms with Crippen molar-refractivity contribution in [3.05, 3.63) is 23.8 Å². The first kappa shape index (κ1) is 16.1. The van der Waals surface area contributed by atoms with Crippen LogP contribution in [0.2, 0.25) is 0 Å². The lowest BCUT2D eigenvalue weighted by Crippen LogP contribution is -2.30. The van der Waals surface area contributed by atoms with Gasteiger partial charge in [-0.1, -0.05) is 6.07 Å². The SMILES string of the molecule is COc1cc(C)ccc1OCCC1CCCNC1.Cl. The van der Waals surface area contributed by atoms with Gasteiger partial charge in [-0.3, -0.25) is 0 Å². The number of benzene rings is 1. The molecule has 0 radical (unpaired) electrons. The molecule has 0 amide bonds. The summed E-state index contributed by atoms with van der Waals surface area (Å²) in [6.45, 7) is 5.13. The molecule has 1 fully saturated rings. The Balaban J connectivity index is 0.00000180. The van der Waals surface area contributed by atoms with E-state index in [0.717, 1.165) is 37.0 Å². The van der Waals surface area contributed by atoms with Gasteiger partial charge in [-0.05, 0) is 62.9 Å². The fourth-order valence-electron chi connectivity index (χ4n) is 2.40. The number of nitrogens with one attached hydrogen (secondary N) is 1. The molecule has 19 heavy (non-hydrogen) atoms. The number of halogens is 1. The van der Waals surface area contributed by atoms with E-state index in [1.54, 1.807) is 7.11 Å². The van der Waals surface area contributed by atoms with Crippen molar-refractivity contribution in [1.29, 1.82) is 0 Å². The summed E-state index contributed by atoms with van der Waals surface area (Å²) < 4.78 is 11.2. The molecule has 0 spiro atoms. The minimum atomic E-state index is 0. The molecule has 1 aliphatic heterocycles. The Kier molecular flexibility index (Phi) is 7.03. The lowest BCUT2D eigenvalue weighted by molar-refractivity contribution is 0.245. The molecular formula is C15H24ClNO2. The zero-order valence-electron chi connectivity index (χ0n) is 11.8. The van der Waals surface area contributed by atoms with Gasteiger partial charge in [0, 0.05) is 0 Å². The van der Waals surface area contributed by atoms with Crippen LogP contribution in [0.5, 0.6) is 11.5 Å². The molecule has 1 saturated heterocycles. The Morgan fingerprint density at radius 1 is 1.32 bits per heavy atom. The summed E-state index contributed by atoms with van der Waals surface area (Å²) in [5.41, 5.74) is 1.19. The van der Waals surface area contributed by atoms with E-state index in [2.05, 4.69) is 18.3 Å². The van der Waals surface area contributed by atoms with E-state index in [1.807, 2.05) is 12.1 Å². The molecule has 108 valence electrons. The predicted molar refractivity (Wildman–Crippen MR) is 80.7 cm³/mol. The van der Waals surface area contributed by atoms with E-state index in [-0.39, 0.29) is 12.4 Å². The fourth-order valence-corrected chi connectivity index (χ4v) is 2.40. The van der Waals surface area contributed by atoms with Gasteiger partial charge in [0.25, 0.3) is 0 Å². The first-order valence-electron chi connectivity index (χ1n) is 6.78. The molecule has 1 aliphatic rings. The smallest absolute Gasteiger partial charge is 0.161 e. The molecule has 1 atom stereocenters. The largest absolute Gasteiger partial charge is 0.493 e. The normalized spacial score (nSPS) is 18.5. The molecule has 3 nitrogen and oxygen atoms in total. The molecule has 4 heteroatoms. The van der Waals surface area contributed by atoms with Crippen molar-refractivity contribution in [2.24, 2.45) is 5.92 Å². The lowest BCUT2D eigenvalue weighted by atomic mass is 9.97. The number of methoxy groups -OCH3 is 1. The Bertz CT molecular complexity index is 378. The summed E-state index contributed by atoms with van der Waals surface area (Å²) >= 11 is 0. The first-order chi connectivity index (χ1) is 8.79. The zero-order valence-corrected chi connectivity index (χ0v) is 12.6. The third kappa shape index (κ3) is 4.92. The Hall–Kier alpha value is -0.930. The van der Waals surface area contributed by atoms with Crippen LogP contribution in [0, 0.1) is 12.8 Å². The van der Waals surface area contributed by atoms with Crippen molar-refractivity contribution in [2.45, 2.75) is 26.2 Å². The number of rotatable bonds is 5. The molecule has 1 N–H and O–H groups in total. The van der Waals surface area contributed by atoms with Crippen LogP contribution in [0.3, 0.4) is 0 Å². The minimum absolute atomic E-state index is 0. The van der Waals surface area contributed by atoms with Gasteiger partial charge in [-0.15, -0.1) is 12.4 Å². The average molecular weight is 286 g/mol.